The smallest absolute Gasteiger partial charge is 0.146 e. The Morgan fingerprint density at radius 1 is 0.909 bits per heavy atom. The van der Waals surface area contributed by atoms with E-state index in [0.717, 1.165) is 16.9 Å². The van der Waals surface area contributed by atoms with Crippen molar-refractivity contribution in [3.05, 3.63) is 67.3 Å². The lowest BCUT2D eigenvalue weighted by atomic mass is 10.2. The molecule has 5 heteroatoms. The van der Waals surface area contributed by atoms with Gasteiger partial charge >= 0.3 is 0 Å². The summed E-state index contributed by atoms with van der Waals surface area (Å²) in [7, 11) is 0. The third kappa shape index (κ3) is 1.91. The number of aromatic nitrogens is 4. The largest absolute Gasteiger partial charge is 0.506 e. The number of nitrogens with zero attached hydrogens (tertiary/aromatic N) is 4. The van der Waals surface area contributed by atoms with Crippen LogP contribution in [0.2, 0.25) is 0 Å². The number of fused-ring (bicyclic) bond motifs is 1. The molecular weight excluding hydrogens is 276 g/mol. The van der Waals surface area contributed by atoms with Crippen LogP contribution in [-0.4, -0.2) is 24.5 Å². The van der Waals surface area contributed by atoms with Gasteiger partial charge in [0.15, 0.2) is 0 Å². The zero-order chi connectivity index (χ0) is 14.9. The Bertz CT molecular complexity index is 947. The standard InChI is InChI=1S/C17H12N4O/c22-14-7-4-9-19-16(14)15-13-6-1-2-10-21(13)17(20-15)12-5-3-8-18-11-12/h1-11,22H. The highest BCUT2D eigenvalue weighted by Gasteiger charge is 2.17. The Morgan fingerprint density at radius 2 is 1.82 bits per heavy atom. The molecular formula is C17H12N4O. The van der Waals surface area contributed by atoms with Gasteiger partial charge in [-0.3, -0.25) is 14.4 Å². The molecule has 4 aromatic heterocycles. The normalized spacial score (nSPS) is 10.9. The van der Waals surface area contributed by atoms with Gasteiger partial charge in [0.2, 0.25) is 0 Å². The summed E-state index contributed by atoms with van der Waals surface area (Å²) < 4.78 is 1.97. The van der Waals surface area contributed by atoms with E-state index in [0.29, 0.717) is 11.4 Å². The first-order valence-electron chi connectivity index (χ1n) is 6.86. The molecule has 4 rings (SSSR count). The predicted octanol–water partition coefficient (Wildman–Crippen LogP) is 3.16. The topological polar surface area (TPSA) is 63.3 Å². The Hall–Kier alpha value is -3.21. The van der Waals surface area contributed by atoms with Gasteiger partial charge in [0.05, 0.1) is 5.52 Å². The molecule has 0 saturated heterocycles. The van der Waals surface area contributed by atoms with Crippen LogP contribution in [0, 0.1) is 0 Å². The van der Waals surface area contributed by atoms with Crippen LogP contribution in [0.5, 0.6) is 5.75 Å². The van der Waals surface area contributed by atoms with Crippen LogP contribution in [0.25, 0.3) is 28.3 Å². The molecule has 22 heavy (non-hydrogen) atoms. The van der Waals surface area contributed by atoms with Crippen LogP contribution in [0.3, 0.4) is 0 Å². The van der Waals surface area contributed by atoms with Gasteiger partial charge < -0.3 is 5.11 Å². The lowest BCUT2D eigenvalue weighted by molar-refractivity contribution is 0.475. The molecule has 0 bridgehead atoms. The van der Waals surface area contributed by atoms with Gasteiger partial charge in [0.25, 0.3) is 0 Å². The van der Waals surface area contributed by atoms with Crippen molar-refractivity contribution in [3.8, 4) is 28.5 Å². The average Bonchev–Trinajstić information content (AvgIpc) is 2.96. The van der Waals surface area contributed by atoms with E-state index in [1.54, 1.807) is 30.7 Å². The number of pyridine rings is 3. The Kier molecular flexibility index (Phi) is 2.83. The fourth-order valence-corrected chi connectivity index (χ4v) is 2.49. The van der Waals surface area contributed by atoms with Gasteiger partial charge in [0.1, 0.15) is 23.0 Å². The number of rotatable bonds is 2. The predicted molar refractivity (Wildman–Crippen MR) is 83.3 cm³/mol. The molecule has 0 spiro atoms. The van der Waals surface area contributed by atoms with Gasteiger partial charge in [0, 0.05) is 30.4 Å². The highest BCUT2D eigenvalue weighted by molar-refractivity contribution is 5.81. The molecule has 0 aliphatic heterocycles. The molecule has 1 N–H and O–H groups in total. The van der Waals surface area contributed by atoms with Crippen molar-refractivity contribution in [2.24, 2.45) is 0 Å². The van der Waals surface area contributed by atoms with Crippen molar-refractivity contribution < 1.29 is 5.11 Å². The third-order valence-electron chi connectivity index (χ3n) is 3.48. The van der Waals surface area contributed by atoms with Crippen LogP contribution in [0.4, 0.5) is 0 Å². The molecule has 0 amide bonds. The SMILES string of the molecule is Oc1cccnc1-c1nc(-c2cccnc2)n2ccccc12. The van der Waals surface area contributed by atoms with Crippen LogP contribution >= 0.6 is 0 Å². The van der Waals surface area contributed by atoms with E-state index in [9.17, 15) is 5.11 Å². The Balaban J connectivity index is 2.04. The molecule has 0 fully saturated rings. The van der Waals surface area contributed by atoms with E-state index in [4.69, 9.17) is 4.98 Å². The minimum absolute atomic E-state index is 0.115. The zero-order valence-electron chi connectivity index (χ0n) is 11.6. The van der Waals surface area contributed by atoms with Crippen molar-refractivity contribution in [3.63, 3.8) is 0 Å². The maximum Gasteiger partial charge on any atom is 0.146 e. The van der Waals surface area contributed by atoms with E-state index in [1.165, 1.54) is 0 Å². The summed E-state index contributed by atoms with van der Waals surface area (Å²) in [5.41, 5.74) is 2.92. The van der Waals surface area contributed by atoms with E-state index in [1.807, 2.05) is 40.9 Å². The fourth-order valence-electron chi connectivity index (χ4n) is 2.49. The first-order chi connectivity index (χ1) is 10.8. The summed E-state index contributed by atoms with van der Waals surface area (Å²) in [5, 5.41) is 10.1. The quantitative estimate of drug-likeness (QED) is 0.615. The van der Waals surface area contributed by atoms with Crippen molar-refractivity contribution in [1.82, 2.24) is 19.4 Å². The minimum Gasteiger partial charge on any atom is -0.506 e. The van der Waals surface area contributed by atoms with E-state index in [-0.39, 0.29) is 5.75 Å². The van der Waals surface area contributed by atoms with Crippen LogP contribution in [0.15, 0.2) is 67.3 Å². The van der Waals surface area contributed by atoms with Gasteiger partial charge in [-0.15, -0.1) is 0 Å². The van der Waals surface area contributed by atoms with Gasteiger partial charge in [-0.2, -0.15) is 0 Å². The van der Waals surface area contributed by atoms with Gasteiger partial charge in [-0.1, -0.05) is 6.07 Å². The van der Waals surface area contributed by atoms with Crippen LogP contribution in [-0.2, 0) is 0 Å². The maximum atomic E-state index is 10.1. The van der Waals surface area contributed by atoms with Gasteiger partial charge in [-0.05, 0) is 36.4 Å². The van der Waals surface area contributed by atoms with Crippen molar-refractivity contribution in [1.29, 1.82) is 0 Å². The Morgan fingerprint density at radius 3 is 2.64 bits per heavy atom. The molecule has 0 aromatic carbocycles. The van der Waals surface area contributed by atoms with E-state index < -0.39 is 0 Å². The number of aromatic hydroxyl groups is 1. The van der Waals surface area contributed by atoms with E-state index >= 15 is 0 Å². The van der Waals surface area contributed by atoms with Crippen molar-refractivity contribution in [2.45, 2.75) is 0 Å². The summed E-state index contributed by atoms with van der Waals surface area (Å²) in [5.74, 6) is 0.882. The average molecular weight is 288 g/mol. The van der Waals surface area contributed by atoms with E-state index in [2.05, 4.69) is 9.97 Å². The lowest BCUT2D eigenvalue weighted by Crippen LogP contribution is -1.88. The zero-order valence-corrected chi connectivity index (χ0v) is 11.6. The Labute approximate surface area is 126 Å². The first-order valence-corrected chi connectivity index (χ1v) is 6.86. The molecule has 4 aromatic rings. The van der Waals surface area contributed by atoms with Crippen LogP contribution in [0.1, 0.15) is 0 Å². The molecule has 0 unspecified atom stereocenters. The third-order valence-corrected chi connectivity index (χ3v) is 3.48. The summed E-state index contributed by atoms with van der Waals surface area (Å²) in [6, 6.07) is 13.0. The molecule has 5 nitrogen and oxygen atoms in total. The molecule has 0 aliphatic carbocycles. The minimum atomic E-state index is 0.115. The molecule has 0 atom stereocenters. The van der Waals surface area contributed by atoms with Crippen molar-refractivity contribution >= 4 is 5.52 Å². The second kappa shape index (κ2) is 4.96. The molecule has 4 heterocycles. The molecule has 0 aliphatic rings. The maximum absolute atomic E-state index is 10.1. The second-order valence-electron chi connectivity index (χ2n) is 4.85. The molecule has 0 saturated carbocycles. The molecule has 106 valence electrons. The molecule has 0 radical (unpaired) electrons. The summed E-state index contributed by atoms with van der Waals surface area (Å²) >= 11 is 0. The lowest BCUT2D eigenvalue weighted by Gasteiger charge is -2.00. The number of imidazole rings is 1. The van der Waals surface area contributed by atoms with Crippen molar-refractivity contribution in [2.75, 3.05) is 0 Å². The summed E-state index contributed by atoms with van der Waals surface area (Å²) in [6.45, 7) is 0. The first kappa shape index (κ1) is 12.5. The monoisotopic (exact) mass is 288 g/mol. The summed E-state index contributed by atoms with van der Waals surface area (Å²) in [6.07, 6.45) is 7.08. The van der Waals surface area contributed by atoms with Gasteiger partial charge in [-0.25, -0.2) is 4.98 Å². The highest BCUT2D eigenvalue weighted by atomic mass is 16.3. The van der Waals surface area contributed by atoms with Crippen LogP contribution < -0.4 is 0 Å². The summed E-state index contributed by atoms with van der Waals surface area (Å²) in [4.78, 5) is 13.1. The highest BCUT2D eigenvalue weighted by Crippen LogP contribution is 2.32. The number of hydrogen-bond acceptors (Lipinski definition) is 4. The fraction of sp³-hybridized carbons (Fsp3) is 0. The second-order valence-corrected chi connectivity index (χ2v) is 4.85. The number of hydrogen-bond donors (Lipinski definition) is 1.